The molecule has 1 aromatic carbocycles. The molecule has 1 unspecified atom stereocenters. The van der Waals surface area contributed by atoms with E-state index in [9.17, 15) is 13.2 Å². The van der Waals surface area contributed by atoms with Gasteiger partial charge in [-0.15, -0.1) is 0 Å². The number of nitrogens with one attached hydrogen (secondary N) is 2. The molecule has 1 aliphatic heterocycles. The molecular weight excluding hydrogens is 326 g/mol. The first kappa shape index (κ1) is 16.8. The van der Waals surface area contributed by atoms with E-state index in [1.54, 1.807) is 4.90 Å². The molecule has 1 aromatic heterocycles. The Hall–Kier alpha value is -2.02. The molecule has 1 saturated heterocycles. The molecule has 1 atom stereocenters. The van der Waals surface area contributed by atoms with Crippen molar-refractivity contribution in [3.8, 4) is 0 Å². The first-order chi connectivity index (χ1) is 11.4. The highest BCUT2D eigenvalue weighted by molar-refractivity contribution is 7.91. The molecule has 2 heterocycles. The third kappa shape index (κ3) is 3.90. The number of carbonyl (C=O) groups excluding carboxylic acids is 1. The van der Waals surface area contributed by atoms with Crippen LogP contribution in [-0.4, -0.2) is 55.5 Å². The van der Waals surface area contributed by atoms with Crippen LogP contribution in [-0.2, 0) is 16.3 Å². The smallest absolute Gasteiger partial charge is 0.317 e. The van der Waals surface area contributed by atoms with Crippen molar-refractivity contribution in [3.05, 3.63) is 36.0 Å². The lowest BCUT2D eigenvalue weighted by atomic mass is 10.1. The summed E-state index contributed by atoms with van der Waals surface area (Å²) in [6.45, 7) is 3.15. The van der Waals surface area contributed by atoms with E-state index >= 15 is 0 Å². The summed E-state index contributed by atoms with van der Waals surface area (Å²) in [5, 5.41) is 4.08. The van der Waals surface area contributed by atoms with Gasteiger partial charge in [0.1, 0.15) is 0 Å². The summed E-state index contributed by atoms with van der Waals surface area (Å²) in [6.07, 6.45) is 2.70. The van der Waals surface area contributed by atoms with Crippen LogP contribution in [0.2, 0.25) is 0 Å². The summed E-state index contributed by atoms with van der Waals surface area (Å²) < 4.78 is 23.6. The van der Waals surface area contributed by atoms with Crippen LogP contribution < -0.4 is 5.32 Å². The molecule has 2 N–H and O–H groups in total. The first-order valence-corrected chi connectivity index (χ1v) is 10.0. The number of aromatic nitrogens is 1. The van der Waals surface area contributed by atoms with Gasteiger partial charge < -0.3 is 15.2 Å². The Morgan fingerprint density at radius 3 is 3.00 bits per heavy atom. The van der Waals surface area contributed by atoms with E-state index in [1.807, 2.05) is 31.3 Å². The lowest BCUT2D eigenvalue weighted by Gasteiger charge is -2.22. The van der Waals surface area contributed by atoms with Gasteiger partial charge in [-0.2, -0.15) is 0 Å². The predicted octanol–water partition coefficient (Wildman–Crippen LogP) is 1.79. The van der Waals surface area contributed by atoms with Gasteiger partial charge in [0.2, 0.25) is 0 Å². The summed E-state index contributed by atoms with van der Waals surface area (Å²) in [4.78, 5) is 17.2. The lowest BCUT2D eigenvalue weighted by Crippen LogP contribution is -2.43. The molecule has 2 aromatic rings. The quantitative estimate of drug-likeness (QED) is 0.886. The number of aromatic amines is 1. The molecular formula is C17H23N3O3S. The molecule has 0 aliphatic carbocycles. The third-order valence-electron chi connectivity index (χ3n) is 4.38. The Bertz CT molecular complexity index is 828. The number of H-pyrrole nitrogens is 1. The van der Waals surface area contributed by atoms with E-state index in [-0.39, 0.29) is 30.0 Å². The molecule has 0 bridgehead atoms. The van der Waals surface area contributed by atoms with Crippen LogP contribution in [0.1, 0.15) is 12.5 Å². The minimum atomic E-state index is -3.04. The second-order valence-electron chi connectivity index (χ2n) is 6.51. The first-order valence-electron chi connectivity index (χ1n) is 8.23. The number of benzene rings is 1. The minimum absolute atomic E-state index is 0.0307. The van der Waals surface area contributed by atoms with Gasteiger partial charge in [-0.25, -0.2) is 13.2 Å². The number of hydrogen-bond acceptors (Lipinski definition) is 3. The number of urea groups is 1. The monoisotopic (exact) mass is 349 g/mol. The molecule has 130 valence electrons. The molecule has 0 saturated carbocycles. The van der Waals surface area contributed by atoms with Crippen LogP contribution in [0.5, 0.6) is 0 Å². The highest BCUT2D eigenvalue weighted by Gasteiger charge is 2.26. The molecule has 0 radical (unpaired) electrons. The standard InChI is InChI=1S/C17H23N3O3S/c1-13-11-20(8-9-24(22,23)12-13)17(21)18-7-6-14-10-19-16-5-3-2-4-15(14)16/h2-5,10,13,19H,6-9,11-12H2,1H3,(H,18,21). The second-order valence-corrected chi connectivity index (χ2v) is 8.74. The molecule has 1 aliphatic rings. The number of para-hydroxylation sites is 1. The van der Waals surface area contributed by atoms with Crippen molar-refractivity contribution in [2.45, 2.75) is 13.3 Å². The van der Waals surface area contributed by atoms with E-state index in [1.165, 1.54) is 5.39 Å². The average molecular weight is 349 g/mol. The molecule has 2 amide bonds. The van der Waals surface area contributed by atoms with Crippen LogP contribution in [0.3, 0.4) is 0 Å². The van der Waals surface area contributed by atoms with Crippen molar-refractivity contribution < 1.29 is 13.2 Å². The Morgan fingerprint density at radius 1 is 1.38 bits per heavy atom. The number of sulfone groups is 1. The second kappa shape index (κ2) is 6.84. The third-order valence-corrected chi connectivity index (χ3v) is 6.26. The van der Waals surface area contributed by atoms with Gasteiger partial charge in [-0.05, 0) is 24.0 Å². The van der Waals surface area contributed by atoms with Crippen LogP contribution in [0.25, 0.3) is 10.9 Å². The minimum Gasteiger partial charge on any atom is -0.361 e. The summed E-state index contributed by atoms with van der Waals surface area (Å²) in [6, 6.07) is 7.88. The maximum atomic E-state index is 12.3. The number of carbonyl (C=O) groups is 1. The van der Waals surface area contributed by atoms with Crippen LogP contribution in [0, 0.1) is 5.92 Å². The van der Waals surface area contributed by atoms with E-state index in [2.05, 4.69) is 16.4 Å². The van der Waals surface area contributed by atoms with Gasteiger partial charge in [-0.1, -0.05) is 25.1 Å². The zero-order valence-electron chi connectivity index (χ0n) is 13.8. The largest absolute Gasteiger partial charge is 0.361 e. The zero-order chi connectivity index (χ0) is 17.2. The van der Waals surface area contributed by atoms with Gasteiger partial charge in [-0.3, -0.25) is 0 Å². The van der Waals surface area contributed by atoms with Crippen LogP contribution >= 0.6 is 0 Å². The predicted molar refractivity (Wildman–Crippen MR) is 94.8 cm³/mol. The fourth-order valence-electron chi connectivity index (χ4n) is 3.23. The maximum Gasteiger partial charge on any atom is 0.317 e. The number of nitrogens with zero attached hydrogens (tertiary/aromatic N) is 1. The van der Waals surface area contributed by atoms with Crippen molar-refractivity contribution in [2.24, 2.45) is 5.92 Å². The number of rotatable bonds is 3. The van der Waals surface area contributed by atoms with Gasteiger partial charge in [0.25, 0.3) is 0 Å². The zero-order valence-corrected chi connectivity index (χ0v) is 14.6. The summed E-state index contributed by atoms with van der Waals surface area (Å²) in [5.41, 5.74) is 2.25. The summed E-state index contributed by atoms with van der Waals surface area (Å²) in [7, 11) is -3.04. The van der Waals surface area contributed by atoms with Gasteiger partial charge in [0, 0.05) is 36.7 Å². The summed E-state index contributed by atoms with van der Waals surface area (Å²) in [5.74, 6) is 0.177. The fraction of sp³-hybridized carbons (Fsp3) is 0.471. The van der Waals surface area contributed by atoms with E-state index < -0.39 is 9.84 Å². The number of hydrogen-bond donors (Lipinski definition) is 2. The van der Waals surface area contributed by atoms with E-state index in [0.29, 0.717) is 13.1 Å². The SMILES string of the molecule is CC1CN(C(=O)NCCc2c[nH]c3ccccc23)CCS(=O)(=O)C1. The van der Waals surface area contributed by atoms with Crippen molar-refractivity contribution in [3.63, 3.8) is 0 Å². The van der Waals surface area contributed by atoms with Gasteiger partial charge in [0.05, 0.1) is 11.5 Å². The van der Waals surface area contributed by atoms with Crippen molar-refractivity contribution >= 4 is 26.8 Å². The normalized spacial score (nSPS) is 20.7. The lowest BCUT2D eigenvalue weighted by molar-refractivity contribution is 0.196. The topological polar surface area (TPSA) is 82.3 Å². The molecule has 7 heteroatoms. The Morgan fingerprint density at radius 2 is 2.17 bits per heavy atom. The van der Waals surface area contributed by atoms with Gasteiger partial charge >= 0.3 is 6.03 Å². The average Bonchev–Trinajstić information content (AvgIpc) is 2.87. The molecule has 3 rings (SSSR count). The van der Waals surface area contributed by atoms with Crippen LogP contribution in [0.4, 0.5) is 4.79 Å². The maximum absolute atomic E-state index is 12.3. The Labute approximate surface area is 142 Å². The van der Waals surface area contributed by atoms with Gasteiger partial charge in [0.15, 0.2) is 9.84 Å². The molecule has 24 heavy (non-hydrogen) atoms. The van der Waals surface area contributed by atoms with Crippen molar-refractivity contribution in [2.75, 3.05) is 31.1 Å². The molecule has 0 spiro atoms. The Balaban J connectivity index is 1.55. The fourth-order valence-corrected chi connectivity index (χ4v) is 4.86. The summed E-state index contributed by atoms with van der Waals surface area (Å²) >= 11 is 0. The molecule has 6 nitrogen and oxygen atoms in total. The highest BCUT2D eigenvalue weighted by Crippen LogP contribution is 2.17. The van der Waals surface area contributed by atoms with E-state index in [4.69, 9.17) is 0 Å². The van der Waals surface area contributed by atoms with Crippen molar-refractivity contribution in [1.29, 1.82) is 0 Å². The highest BCUT2D eigenvalue weighted by atomic mass is 32.2. The van der Waals surface area contributed by atoms with Crippen LogP contribution in [0.15, 0.2) is 30.5 Å². The Kier molecular flexibility index (Phi) is 4.80. The number of fused-ring (bicyclic) bond motifs is 1. The van der Waals surface area contributed by atoms with E-state index in [0.717, 1.165) is 17.5 Å². The molecule has 1 fully saturated rings. The van der Waals surface area contributed by atoms with Crippen molar-refractivity contribution in [1.82, 2.24) is 15.2 Å². The number of amides is 2.